The molecule has 0 aliphatic heterocycles. The van der Waals surface area contributed by atoms with Gasteiger partial charge in [-0.05, 0) is 19.3 Å². The van der Waals surface area contributed by atoms with Crippen LogP contribution in [0.25, 0.3) is 0 Å². The summed E-state index contributed by atoms with van der Waals surface area (Å²) in [5.41, 5.74) is 0. The minimum Gasteiger partial charge on any atom is -0.462 e. The minimum absolute atomic E-state index is 0.0629. The zero-order valence-electron chi connectivity index (χ0n) is 37.2. The fourth-order valence-corrected chi connectivity index (χ4v) is 7.38. The van der Waals surface area contributed by atoms with Gasteiger partial charge in [0.2, 0.25) is 0 Å². The number of hydrogen-bond acceptors (Lipinski definition) is 6. The van der Waals surface area contributed by atoms with Gasteiger partial charge in [-0.3, -0.25) is 14.4 Å². The van der Waals surface area contributed by atoms with Crippen molar-refractivity contribution in [1.29, 1.82) is 0 Å². The first-order valence-corrected chi connectivity index (χ1v) is 24.5. The van der Waals surface area contributed by atoms with Crippen molar-refractivity contribution in [2.75, 3.05) is 13.2 Å². The third kappa shape index (κ3) is 43.4. The summed E-state index contributed by atoms with van der Waals surface area (Å²) in [4.78, 5) is 37.7. The van der Waals surface area contributed by atoms with Crippen molar-refractivity contribution in [3.8, 4) is 0 Å². The molecular weight excluding hydrogens is 685 g/mol. The lowest BCUT2D eigenvalue weighted by molar-refractivity contribution is -0.167. The van der Waals surface area contributed by atoms with Gasteiger partial charge in [0.25, 0.3) is 0 Å². The quantitative estimate of drug-likeness (QED) is 0.0348. The van der Waals surface area contributed by atoms with E-state index in [-0.39, 0.29) is 31.1 Å². The number of rotatable bonds is 45. The molecule has 0 fully saturated rings. The zero-order valence-corrected chi connectivity index (χ0v) is 37.2. The summed E-state index contributed by atoms with van der Waals surface area (Å²) >= 11 is 0. The number of carbonyl (C=O) groups is 3. The van der Waals surface area contributed by atoms with Crippen LogP contribution in [0, 0.1) is 0 Å². The van der Waals surface area contributed by atoms with Gasteiger partial charge in [0, 0.05) is 19.3 Å². The van der Waals surface area contributed by atoms with Crippen LogP contribution >= 0.6 is 0 Å². The van der Waals surface area contributed by atoms with E-state index in [1.54, 1.807) is 0 Å². The molecule has 0 radical (unpaired) electrons. The molecule has 0 aromatic heterocycles. The summed E-state index contributed by atoms with van der Waals surface area (Å²) in [5.74, 6) is -0.853. The Bertz CT molecular complexity index is 813. The van der Waals surface area contributed by atoms with Crippen LogP contribution in [0.2, 0.25) is 0 Å². The summed E-state index contributed by atoms with van der Waals surface area (Å²) in [5, 5.41) is 0. The highest BCUT2D eigenvalue weighted by Crippen LogP contribution is 2.16. The van der Waals surface area contributed by atoms with Crippen molar-refractivity contribution in [2.24, 2.45) is 0 Å². The molecule has 0 rings (SSSR count). The lowest BCUT2D eigenvalue weighted by atomic mass is 10.0. The monoisotopic (exact) mass is 779 g/mol. The van der Waals surface area contributed by atoms with E-state index in [9.17, 15) is 14.4 Å². The molecule has 0 aromatic rings. The average molecular weight is 779 g/mol. The molecule has 0 heterocycles. The molecule has 6 heteroatoms. The van der Waals surface area contributed by atoms with Gasteiger partial charge in [-0.15, -0.1) is 0 Å². The molecule has 0 N–H and O–H groups in total. The summed E-state index contributed by atoms with van der Waals surface area (Å²) < 4.78 is 16.7. The second kappa shape index (κ2) is 45.1. The molecule has 55 heavy (non-hydrogen) atoms. The van der Waals surface area contributed by atoms with Crippen molar-refractivity contribution >= 4 is 17.9 Å². The van der Waals surface area contributed by atoms with E-state index in [2.05, 4.69) is 20.8 Å². The summed E-state index contributed by atoms with van der Waals surface area (Å²) in [7, 11) is 0. The maximum Gasteiger partial charge on any atom is 0.306 e. The van der Waals surface area contributed by atoms with Gasteiger partial charge >= 0.3 is 17.9 Å². The van der Waals surface area contributed by atoms with Crippen LogP contribution in [0.5, 0.6) is 0 Å². The Morgan fingerprint density at radius 2 is 0.491 bits per heavy atom. The van der Waals surface area contributed by atoms with Crippen molar-refractivity contribution in [1.82, 2.24) is 0 Å². The highest BCUT2D eigenvalue weighted by molar-refractivity contribution is 5.71. The molecule has 0 bridgehead atoms. The minimum atomic E-state index is -0.757. The maximum atomic E-state index is 12.6. The molecule has 0 aliphatic carbocycles. The maximum absolute atomic E-state index is 12.6. The number of ether oxygens (including phenoxy) is 3. The highest BCUT2D eigenvalue weighted by atomic mass is 16.6. The number of esters is 3. The van der Waals surface area contributed by atoms with E-state index >= 15 is 0 Å². The molecule has 1 atom stereocenters. The van der Waals surface area contributed by atoms with Gasteiger partial charge in [0.15, 0.2) is 6.10 Å². The first-order chi connectivity index (χ1) is 27.0. The Kier molecular flexibility index (Phi) is 43.8. The largest absolute Gasteiger partial charge is 0.462 e. The fraction of sp³-hybridized carbons (Fsp3) is 0.939. The van der Waals surface area contributed by atoms with Crippen molar-refractivity contribution < 1.29 is 28.6 Å². The van der Waals surface area contributed by atoms with Gasteiger partial charge in [-0.1, -0.05) is 239 Å². The van der Waals surface area contributed by atoms with Gasteiger partial charge in [0.05, 0.1) is 0 Å². The van der Waals surface area contributed by atoms with Gasteiger partial charge in [0.1, 0.15) is 13.2 Å². The Morgan fingerprint density at radius 3 is 0.727 bits per heavy atom. The first-order valence-electron chi connectivity index (χ1n) is 24.5. The Hall–Kier alpha value is -1.59. The van der Waals surface area contributed by atoms with E-state index in [4.69, 9.17) is 14.2 Å². The molecule has 0 amide bonds. The second-order valence-electron chi connectivity index (χ2n) is 16.7. The Labute approximate surface area is 342 Å². The van der Waals surface area contributed by atoms with E-state index in [0.29, 0.717) is 19.3 Å². The number of hydrogen-bond donors (Lipinski definition) is 0. The molecule has 0 spiro atoms. The van der Waals surface area contributed by atoms with Crippen molar-refractivity contribution in [2.45, 2.75) is 284 Å². The van der Waals surface area contributed by atoms with E-state index < -0.39 is 6.10 Å². The third-order valence-corrected chi connectivity index (χ3v) is 11.1. The SMILES string of the molecule is CCCCCCCCCCCCCCCCCCC(=O)OC[C@H](COC(=O)CCCCCCCCCCCCCCCC)OC(=O)CCCCCCCCC. The van der Waals surface area contributed by atoms with E-state index in [1.807, 2.05) is 0 Å². The lowest BCUT2D eigenvalue weighted by Gasteiger charge is -2.18. The molecule has 0 aromatic carbocycles. The smallest absolute Gasteiger partial charge is 0.306 e. The molecular formula is C49H94O6. The molecule has 6 nitrogen and oxygen atoms in total. The predicted octanol–water partition coefficient (Wildman–Crippen LogP) is 15.6. The Morgan fingerprint density at radius 1 is 0.291 bits per heavy atom. The molecule has 0 unspecified atom stereocenters. The zero-order chi connectivity index (χ0) is 40.1. The van der Waals surface area contributed by atoms with Crippen LogP contribution in [0.3, 0.4) is 0 Å². The summed E-state index contributed by atoms with van der Waals surface area (Å²) in [6, 6.07) is 0. The third-order valence-electron chi connectivity index (χ3n) is 11.1. The predicted molar refractivity (Wildman–Crippen MR) is 233 cm³/mol. The second-order valence-corrected chi connectivity index (χ2v) is 16.7. The standard InChI is InChI=1S/C49H94O6/c1-4-7-10-13-16-18-20-22-24-25-27-29-31-34-36-39-42-48(51)54-45-46(55-49(52)43-40-37-32-15-12-9-6-3)44-53-47(50)41-38-35-33-30-28-26-23-21-19-17-14-11-8-5-2/h46H,4-45H2,1-3H3/t46-/m0/s1. The number of carbonyl (C=O) groups excluding carboxylic acids is 3. The normalized spacial score (nSPS) is 11.8. The molecule has 0 saturated heterocycles. The van der Waals surface area contributed by atoms with Gasteiger partial charge in [-0.2, -0.15) is 0 Å². The van der Waals surface area contributed by atoms with E-state index in [0.717, 1.165) is 57.8 Å². The van der Waals surface area contributed by atoms with Crippen LogP contribution < -0.4 is 0 Å². The summed E-state index contributed by atoms with van der Waals surface area (Å²) in [6.45, 7) is 6.63. The molecule has 0 aliphatic rings. The van der Waals surface area contributed by atoms with Crippen LogP contribution in [0.1, 0.15) is 278 Å². The fourth-order valence-electron chi connectivity index (χ4n) is 7.38. The van der Waals surface area contributed by atoms with Gasteiger partial charge in [-0.25, -0.2) is 0 Å². The summed E-state index contributed by atoms with van der Waals surface area (Å²) in [6.07, 6.45) is 46.7. The topological polar surface area (TPSA) is 78.9 Å². The van der Waals surface area contributed by atoms with Crippen LogP contribution in [-0.4, -0.2) is 37.2 Å². The van der Waals surface area contributed by atoms with Crippen LogP contribution in [0.15, 0.2) is 0 Å². The molecule has 326 valence electrons. The lowest BCUT2D eigenvalue weighted by Crippen LogP contribution is -2.30. The Balaban J connectivity index is 4.18. The first kappa shape index (κ1) is 53.4. The molecule has 0 saturated carbocycles. The van der Waals surface area contributed by atoms with Crippen molar-refractivity contribution in [3.05, 3.63) is 0 Å². The van der Waals surface area contributed by atoms with Crippen molar-refractivity contribution in [3.63, 3.8) is 0 Å². The van der Waals surface area contributed by atoms with E-state index in [1.165, 1.54) is 180 Å². The average Bonchev–Trinajstić information content (AvgIpc) is 3.18. The van der Waals surface area contributed by atoms with Crippen LogP contribution in [-0.2, 0) is 28.6 Å². The van der Waals surface area contributed by atoms with Crippen LogP contribution in [0.4, 0.5) is 0 Å². The highest BCUT2D eigenvalue weighted by Gasteiger charge is 2.19. The van der Waals surface area contributed by atoms with Gasteiger partial charge < -0.3 is 14.2 Å². The number of unbranched alkanes of at least 4 members (excludes halogenated alkanes) is 34.